The van der Waals surface area contributed by atoms with E-state index >= 15 is 0 Å². The minimum absolute atomic E-state index is 0.211. The summed E-state index contributed by atoms with van der Waals surface area (Å²) in [4.78, 5) is 0. The molecule has 13 heavy (non-hydrogen) atoms. The molecule has 0 saturated carbocycles. The minimum atomic E-state index is -0.559. The summed E-state index contributed by atoms with van der Waals surface area (Å²) in [5.41, 5.74) is 7.06. The monoisotopic (exact) mass is 181 g/mol. The maximum atomic E-state index is 13.4. The predicted molar refractivity (Wildman–Crippen MR) is 53.0 cm³/mol. The lowest BCUT2D eigenvalue weighted by Gasteiger charge is -2.24. The molecule has 2 N–H and O–H groups in total. The Morgan fingerprint density at radius 1 is 1.46 bits per heavy atom. The molecule has 1 rings (SSSR count). The highest BCUT2D eigenvalue weighted by atomic mass is 19.1. The fraction of sp³-hybridized carbons (Fsp3) is 0.455. The summed E-state index contributed by atoms with van der Waals surface area (Å²) in [5, 5.41) is 0. The van der Waals surface area contributed by atoms with Gasteiger partial charge in [0, 0.05) is 11.1 Å². The molecule has 0 aliphatic heterocycles. The van der Waals surface area contributed by atoms with Crippen LogP contribution in [0.15, 0.2) is 18.2 Å². The van der Waals surface area contributed by atoms with Gasteiger partial charge in [0.2, 0.25) is 0 Å². The van der Waals surface area contributed by atoms with Crippen LogP contribution in [0.1, 0.15) is 31.4 Å². The Balaban J connectivity index is 3.20. The Hall–Kier alpha value is -0.890. The Morgan fingerprint density at radius 3 is 2.62 bits per heavy atom. The summed E-state index contributed by atoms with van der Waals surface area (Å²) >= 11 is 0. The Kier molecular flexibility index (Phi) is 2.71. The van der Waals surface area contributed by atoms with E-state index in [1.54, 1.807) is 6.07 Å². The summed E-state index contributed by atoms with van der Waals surface area (Å²) in [6.07, 6.45) is 0.730. The van der Waals surface area contributed by atoms with E-state index in [1.807, 2.05) is 26.8 Å². The molecule has 1 aromatic carbocycles. The van der Waals surface area contributed by atoms with Crippen molar-refractivity contribution in [3.05, 3.63) is 35.1 Å². The zero-order chi connectivity index (χ0) is 10.1. The average Bonchev–Trinajstić information content (AvgIpc) is 2.09. The van der Waals surface area contributed by atoms with Gasteiger partial charge in [-0.2, -0.15) is 0 Å². The molecule has 0 aliphatic rings. The molecule has 0 amide bonds. The van der Waals surface area contributed by atoms with Crippen LogP contribution in [0, 0.1) is 12.7 Å². The largest absolute Gasteiger partial charge is 0.322 e. The van der Waals surface area contributed by atoms with E-state index in [-0.39, 0.29) is 5.82 Å². The van der Waals surface area contributed by atoms with Gasteiger partial charge in [-0.25, -0.2) is 4.39 Å². The Bertz CT molecular complexity index is 305. The van der Waals surface area contributed by atoms with Gasteiger partial charge in [0.1, 0.15) is 5.82 Å². The maximum absolute atomic E-state index is 13.4. The third-order valence-corrected chi connectivity index (χ3v) is 2.47. The highest BCUT2D eigenvalue weighted by Gasteiger charge is 2.22. The van der Waals surface area contributed by atoms with Gasteiger partial charge in [-0.3, -0.25) is 0 Å². The van der Waals surface area contributed by atoms with Crippen molar-refractivity contribution in [3.63, 3.8) is 0 Å². The number of benzene rings is 1. The summed E-state index contributed by atoms with van der Waals surface area (Å²) in [7, 11) is 0. The second-order valence-electron chi connectivity index (χ2n) is 3.75. The van der Waals surface area contributed by atoms with Crippen LogP contribution in [-0.2, 0) is 5.54 Å². The van der Waals surface area contributed by atoms with Crippen LogP contribution in [0.4, 0.5) is 4.39 Å². The molecule has 1 nitrogen and oxygen atoms in total. The second kappa shape index (κ2) is 3.46. The summed E-state index contributed by atoms with van der Waals surface area (Å²) in [6, 6.07) is 5.05. The van der Waals surface area contributed by atoms with Gasteiger partial charge in [-0.05, 0) is 26.3 Å². The van der Waals surface area contributed by atoms with Gasteiger partial charge in [-0.15, -0.1) is 0 Å². The van der Waals surface area contributed by atoms with E-state index in [1.165, 1.54) is 6.07 Å². The number of nitrogens with two attached hydrogens (primary N) is 1. The van der Waals surface area contributed by atoms with Crippen LogP contribution in [0.2, 0.25) is 0 Å². The highest BCUT2D eigenvalue weighted by Crippen LogP contribution is 2.24. The molecule has 0 aliphatic carbocycles. The number of halogens is 1. The first kappa shape index (κ1) is 10.2. The van der Waals surface area contributed by atoms with Gasteiger partial charge < -0.3 is 5.73 Å². The molecule has 0 fully saturated rings. The molecular formula is C11H16FN. The maximum Gasteiger partial charge on any atom is 0.128 e. The molecule has 0 saturated heterocycles. The lowest BCUT2D eigenvalue weighted by atomic mass is 9.89. The predicted octanol–water partition coefficient (Wildman–Crippen LogP) is 2.72. The van der Waals surface area contributed by atoms with Crippen molar-refractivity contribution in [1.82, 2.24) is 0 Å². The van der Waals surface area contributed by atoms with Crippen molar-refractivity contribution in [2.45, 2.75) is 32.7 Å². The molecule has 0 heterocycles. The van der Waals surface area contributed by atoms with E-state index in [0.29, 0.717) is 5.56 Å². The van der Waals surface area contributed by atoms with Crippen molar-refractivity contribution in [2.75, 3.05) is 0 Å². The van der Waals surface area contributed by atoms with E-state index in [2.05, 4.69) is 0 Å². The Morgan fingerprint density at radius 2 is 2.08 bits per heavy atom. The molecule has 0 aromatic heterocycles. The van der Waals surface area contributed by atoms with Crippen LogP contribution in [0.25, 0.3) is 0 Å². The first-order chi connectivity index (χ1) is 5.97. The van der Waals surface area contributed by atoms with Crippen molar-refractivity contribution >= 4 is 0 Å². The highest BCUT2D eigenvalue weighted by molar-refractivity contribution is 5.29. The smallest absolute Gasteiger partial charge is 0.128 e. The van der Waals surface area contributed by atoms with Gasteiger partial charge in [0.05, 0.1) is 0 Å². The molecule has 2 heteroatoms. The van der Waals surface area contributed by atoms with Gasteiger partial charge >= 0.3 is 0 Å². The quantitative estimate of drug-likeness (QED) is 0.745. The van der Waals surface area contributed by atoms with Gasteiger partial charge in [0.25, 0.3) is 0 Å². The standard InChI is InChI=1S/C11H16FN/c1-4-11(3,13)9-7-8(2)5-6-10(9)12/h5-7H,4,13H2,1-3H3/t11-/m1/s1. The van der Waals surface area contributed by atoms with E-state index in [4.69, 9.17) is 5.73 Å². The molecule has 0 unspecified atom stereocenters. The first-order valence-electron chi connectivity index (χ1n) is 4.53. The zero-order valence-corrected chi connectivity index (χ0v) is 8.39. The molecule has 0 spiro atoms. The summed E-state index contributed by atoms with van der Waals surface area (Å²) in [5.74, 6) is -0.211. The summed E-state index contributed by atoms with van der Waals surface area (Å²) in [6.45, 7) is 5.75. The third kappa shape index (κ3) is 2.07. The van der Waals surface area contributed by atoms with Crippen molar-refractivity contribution in [1.29, 1.82) is 0 Å². The molecule has 1 atom stereocenters. The first-order valence-corrected chi connectivity index (χ1v) is 4.53. The number of aryl methyl sites for hydroxylation is 1. The van der Waals surface area contributed by atoms with Crippen LogP contribution < -0.4 is 5.73 Å². The topological polar surface area (TPSA) is 26.0 Å². The number of rotatable bonds is 2. The average molecular weight is 181 g/mol. The molecule has 72 valence electrons. The fourth-order valence-corrected chi connectivity index (χ4v) is 1.27. The second-order valence-corrected chi connectivity index (χ2v) is 3.75. The Labute approximate surface area is 78.8 Å². The van der Waals surface area contributed by atoms with Crippen LogP contribution in [0.5, 0.6) is 0 Å². The van der Waals surface area contributed by atoms with E-state index in [9.17, 15) is 4.39 Å². The fourth-order valence-electron chi connectivity index (χ4n) is 1.27. The minimum Gasteiger partial charge on any atom is -0.322 e. The molecule has 0 bridgehead atoms. The summed E-state index contributed by atoms with van der Waals surface area (Å²) < 4.78 is 13.4. The zero-order valence-electron chi connectivity index (χ0n) is 8.39. The van der Waals surface area contributed by atoms with Crippen molar-refractivity contribution < 1.29 is 4.39 Å². The lowest BCUT2D eigenvalue weighted by Crippen LogP contribution is -2.33. The van der Waals surface area contributed by atoms with E-state index < -0.39 is 5.54 Å². The van der Waals surface area contributed by atoms with E-state index in [0.717, 1.165) is 12.0 Å². The van der Waals surface area contributed by atoms with Gasteiger partial charge in [-0.1, -0.05) is 24.6 Å². The molecule has 0 radical (unpaired) electrons. The van der Waals surface area contributed by atoms with Crippen molar-refractivity contribution in [2.24, 2.45) is 5.73 Å². The van der Waals surface area contributed by atoms with Crippen LogP contribution in [0.3, 0.4) is 0 Å². The molecule has 1 aromatic rings. The van der Waals surface area contributed by atoms with Gasteiger partial charge in [0.15, 0.2) is 0 Å². The third-order valence-electron chi connectivity index (χ3n) is 2.47. The van der Waals surface area contributed by atoms with Crippen molar-refractivity contribution in [3.8, 4) is 0 Å². The number of hydrogen-bond acceptors (Lipinski definition) is 1. The molecular weight excluding hydrogens is 165 g/mol. The number of hydrogen-bond donors (Lipinski definition) is 1. The normalized spacial score (nSPS) is 15.5. The SMILES string of the molecule is CC[C@@](C)(N)c1cc(C)ccc1F. The lowest BCUT2D eigenvalue weighted by molar-refractivity contribution is 0.445. The van der Waals surface area contributed by atoms with Crippen LogP contribution >= 0.6 is 0 Å². The van der Waals surface area contributed by atoms with Crippen LogP contribution in [-0.4, -0.2) is 0 Å².